The molecule has 2 rings (SSSR count). The first-order chi connectivity index (χ1) is 9.33. The largest absolute Gasteiger partial charge is 0.494 e. The minimum atomic E-state index is 0.400. The van der Waals surface area contributed by atoms with Crippen molar-refractivity contribution < 1.29 is 14.3 Å². The number of hydrogen-bond donors (Lipinski definition) is 0. The molecule has 0 spiro atoms. The van der Waals surface area contributed by atoms with Gasteiger partial charge in [-0.1, -0.05) is 0 Å². The van der Waals surface area contributed by atoms with Gasteiger partial charge in [0.15, 0.2) is 6.29 Å². The van der Waals surface area contributed by atoms with Crippen molar-refractivity contribution in [2.24, 2.45) is 0 Å². The van der Waals surface area contributed by atoms with Crippen LogP contribution in [0.2, 0.25) is 0 Å². The van der Waals surface area contributed by atoms with Crippen molar-refractivity contribution in [3.05, 3.63) is 53.9 Å². The summed E-state index contributed by atoms with van der Waals surface area (Å²) in [7, 11) is 0. The number of carbonyl (C=O) groups excluding carboxylic acids is 1. The van der Waals surface area contributed by atoms with Gasteiger partial charge in [-0.05, 0) is 42.8 Å². The molecule has 0 aliphatic rings. The van der Waals surface area contributed by atoms with Crippen LogP contribution in [0.1, 0.15) is 22.8 Å². The molecule has 98 valence electrons. The van der Waals surface area contributed by atoms with Crippen molar-refractivity contribution in [3.63, 3.8) is 0 Å². The van der Waals surface area contributed by atoms with Crippen LogP contribution >= 0.6 is 0 Å². The predicted molar refractivity (Wildman–Crippen MR) is 71.6 cm³/mol. The smallest absolute Gasteiger partial charge is 0.153 e. The summed E-state index contributed by atoms with van der Waals surface area (Å²) in [5.74, 6) is 1.22. The SMILES string of the molecule is CCOc1ccc(OCc2ccncc2)c(C=O)c1. The summed E-state index contributed by atoms with van der Waals surface area (Å²) < 4.78 is 11.0. The molecule has 0 amide bonds. The third-order valence-corrected chi connectivity index (χ3v) is 2.56. The van der Waals surface area contributed by atoms with Crippen molar-refractivity contribution in [1.82, 2.24) is 4.98 Å². The van der Waals surface area contributed by atoms with E-state index in [1.54, 1.807) is 30.6 Å². The van der Waals surface area contributed by atoms with E-state index in [1.807, 2.05) is 19.1 Å². The summed E-state index contributed by atoms with van der Waals surface area (Å²) in [6.07, 6.45) is 4.18. The van der Waals surface area contributed by atoms with Crippen molar-refractivity contribution in [3.8, 4) is 11.5 Å². The number of pyridine rings is 1. The Hall–Kier alpha value is -2.36. The number of ether oxygens (including phenoxy) is 2. The molecule has 4 nitrogen and oxygen atoms in total. The summed E-state index contributed by atoms with van der Waals surface area (Å²) >= 11 is 0. The topological polar surface area (TPSA) is 48.4 Å². The van der Waals surface area contributed by atoms with Gasteiger partial charge < -0.3 is 9.47 Å². The molecular weight excluding hydrogens is 242 g/mol. The Bertz CT molecular complexity index is 540. The predicted octanol–water partition coefficient (Wildman–Crippen LogP) is 2.87. The van der Waals surface area contributed by atoms with Gasteiger partial charge in [-0.2, -0.15) is 0 Å². The van der Waals surface area contributed by atoms with E-state index in [-0.39, 0.29) is 0 Å². The van der Waals surface area contributed by atoms with Crippen LogP contribution in [0.15, 0.2) is 42.7 Å². The molecule has 4 heteroatoms. The summed E-state index contributed by atoms with van der Waals surface area (Å²) in [6.45, 7) is 2.86. The van der Waals surface area contributed by atoms with Crippen LogP contribution < -0.4 is 9.47 Å². The zero-order valence-electron chi connectivity index (χ0n) is 10.7. The highest BCUT2D eigenvalue weighted by Gasteiger charge is 2.05. The van der Waals surface area contributed by atoms with Crippen molar-refractivity contribution in [1.29, 1.82) is 0 Å². The lowest BCUT2D eigenvalue weighted by Gasteiger charge is -2.10. The van der Waals surface area contributed by atoms with Crippen molar-refractivity contribution in [2.45, 2.75) is 13.5 Å². The maximum absolute atomic E-state index is 11.0. The Balaban J connectivity index is 2.09. The highest BCUT2D eigenvalue weighted by atomic mass is 16.5. The lowest BCUT2D eigenvalue weighted by Crippen LogP contribution is -1.99. The van der Waals surface area contributed by atoms with Crippen LogP contribution in [0.4, 0.5) is 0 Å². The maximum Gasteiger partial charge on any atom is 0.153 e. The normalized spacial score (nSPS) is 9.95. The lowest BCUT2D eigenvalue weighted by atomic mass is 10.2. The van der Waals surface area contributed by atoms with E-state index in [0.717, 1.165) is 11.8 Å². The molecule has 19 heavy (non-hydrogen) atoms. The van der Waals surface area contributed by atoms with Crippen LogP contribution in [0.5, 0.6) is 11.5 Å². The highest BCUT2D eigenvalue weighted by molar-refractivity contribution is 5.80. The molecule has 1 aromatic heterocycles. The molecule has 0 N–H and O–H groups in total. The highest BCUT2D eigenvalue weighted by Crippen LogP contribution is 2.23. The number of rotatable bonds is 6. The van der Waals surface area contributed by atoms with E-state index in [0.29, 0.717) is 30.3 Å². The molecule has 1 heterocycles. The van der Waals surface area contributed by atoms with Crippen molar-refractivity contribution in [2.75, 3.05) is 6.61 Å². The standard InChI is InChI=1S/C15H15NO3/c1-2-18-14-3-4-15(13(9-14)10-17)19-11-12-5-7-16-8-6-12/h3-10H,2,11H2,1H3. The molecule has 0 atom stereocenters. The third kappa shape index (κ3) is 3.55. The van der Waals surface area contributed by atoms with Gasteiger partial charge in [-0.25, -0.2) is 0 Å². The van der Waals surface area contributed by atoms with E-state index in [9.17, 15) is 4.79 Å². The van der Waals surface area contributed by atoms with Gasteiger partial charge >= 0.3 is 0 Å². The first-order valence-electron chi connectivity index (χ1n) is 6.07. The van der Waals surface area contributed by atoms with Gasteiger partial charge in [-0.3, -0.25) is 9.78 Å². The lowest BCUT2D eigenvalue weighted by molar-refractivity contribution is 0.111. The quantitative estimate of drug-likeness (QED) is 0.746. The molecule has 1 aromatic carbocycles. The fraction of sp³-hybridized carbons (Fsp3) is 0.200. The van der Waals surface area contributed by atoms with Gasteiger partial charge in [0, 0.05) is 12.4 Å². The average Bonchev–Trinajstić information content (AvgIpc) is 2.47. The molecule has 0 unspecified atom stereocenters. The van der Waals surface area contributed by atoms with Crippen molar-refractivity contribution >= 4 is 6.29 Å². The summed E-state index contributed by atoms with van der Waals surface area (Å²) in [6, 6.07) is 8.96. The minimum absolute atomic E-state index is 0.400. The molecule has 2 aromatic rings. The van der Waals surface area contributed by atoms with Gasteiger partial charge in [0.2, 0.25) is 0 Å². The Kier molecular flexibility index (Phi) is 4.50. The minimum Gasteiger partial charge on any atom is -0.494 e. The maximum atomic E-state index is 11.0. The number of carbonyl (C=O) groups is 1. The van der Waals surface area contributed by atoms with Crippen LogP contribution in [0, 0.1) is 0 Å². The molecule has 0 radical (unpaired) electrons. The summed E-state index contributed by atoms with van der Waals surface area (Å²) in [4.78, 5) is 15.0. The monoisotopic (exact) mass is 257 g/mol. The molecule has 0 bridgehead atoms. The van der Waals surface area contributed by atoms with Gasteiger partial charge in [0.05, 0.1) is 12.2 Å². The number of aromatic nitrogens is 1. The fourth-order valence-corrected chi connectivity index (χ4v) is 1.65. The van der Waals surface area contributed by atoms with E-state index in [4.69, 9.17) is 9.47 Å². The zero-order valence-corrected chi connectivity index (χ0v) is 10.7. The van der Waals surface area contributed by atoms with Crippen LogP contribution in [-0.4, -0.2) is 17.9 Å². The van der Waals surface area contributed by atoms with Crippen LogP contribution in [-0.2, 0) is 6.61 Å². The van der Waals surface area contributed by atoms with Gasteiger partial charge in [0.1, 0.15) is 18.1 Å². The Morgan fingerprint density at radius 1 is 1.16 bits per heavy atom. The molecule has 0 fully saturated rings. The van der Waals surface area contributed by atoms with E-state index in [2.05, 4.69) is 4.98 Å². The fourth-order valence-electron chi connectivity index (χ4n) is 1.65. The third-order valence-electron chi connectivity index (χ3n) is 2.56. The Morgan fingerprint density at radius 3 is 2.63 bits per heavy atom. The summed E-state index contributed by atoms with van der Waals surface area (Å²) in [5, 5.41) is 0. The van der Waals surface area contributed by atoms with E-state index < -0.39 is 0 Å². The van der Waals surface area contributed by atoms with Crippen LogP contribution in [0.3, 0.4) is 0 Å². The number of aldehydes is 1. The molecule has 0 aliphatic heterocycles. The van der Waals surface area contributed by atoms with E-state index in [1.165, 1.54) is 0 Å². The Morgan fingerprint density at radius 2 is 1.95 bits per heavy atom. The second kappa shape index (κ2) is 6.54. The second-order valence-corrected chi connectivity index (χ2v) is 3.89. The Labute approximate surface area is 112 Å². The van der Waals surface area contributed by atoms with Crippen LogP contribution in [0.25, 0.3) is 0 Å². The molecule has 0 saturated heterocycles. The zero-order chi connectivity index (χ0) is 13.5. The number of nitrogens with zero attached hydrogens (tertiary/aromatic N) is 1. The number of hydrogen-bond acceptors (Lipinski definition) is 4. The number of benzene rings is 1. The average molecular weight is 257 g/mol. The first-order valence-corrected chi connectivity index (χ1v) is 6.07. The van der Waals surface area contributed by atoms with Gasteiger partial charge in [0.25, 0.3) is 0 Å². The summed E-state index contributed by atoms with van der Waals surface area (Å²) in [5.41, 5.74) is 1.49. The van der Waals surface area contributed by atoms with E-state index >= 15 is 0 Å². The second-order valence-electron chi connectivity index (χ2n) is 3.89. The molecular formula is C15H15NO3. The molecule has 0 saturated carbocycles. The van der Waals surface area contributed by atoms with Gasteiger partial charge in [-0.15, -0.1) is 0 Å². The molecule has 0 aliphatic carbocycles. The first kappa shape index (κ1) is 13.1.